The average Bonchev–Trinajstić information content (AvgIpc) is 2.93. The number of hydrogen-bond donors (Lipinski definition) is 2. The molecule has 188 valence electrons. The SMILES string of the molecule is COc1ccc(C(CNC(=O)c2cccc(COc3ccccc3C(N)=O)c2)N2CCCCC2)cc1. The number of primary amides is 1. The summed E-state index contributed by atoms with van der Waals surface area (Å²) in [5.41, 5.74) is 8.31. The Labute approximate surface area is 212 Å². The van der Waals surface area contributed by atoms with Crippen LogP contribution < -0.4 is 20.5 Å². The second-order valence-electron chi connectivity index (χ2n) is 8.95. The fraction of sp³-hybridized carbons (Fsp3) is 0.310. The minimum atomic E-state index is -0.543. The number of likely N-dealkylation sites (tertiary alicyclic amines) is 1. The third-order valence-electron chi connectivity index (χ3n) is 6.52. The van der Waals surface area contributed by atoms with E-state index < -0.39 is 5.91 Å². The van der Waals surface area contributed by atoms with Gasteiger partial charge in [-0.1, -0.05) is 42.8 Å². The van der Waals surface area contributed by atoms with Gasteiger partial charge in [0, 0.05) is 12.1 Å². The molecule has 1 aliphatic heterocycles. The fourth-order valence-corrected chi connectivity index (χ4v) is 4.56. The lowest BCUT2D eigenvalue weighted by atomic mass is 10.0. The van der Waals surface area contributed by atoms with E-state index in [4.69, 9.17) is 15.2 Å². The van der Waals surface area contributed by atoms with Gasteiger partial charge in [0.2, 0.25) is 0 Å². The lowest BCUT2D eigenvalue weighted by molar-refractivity contribution is 0.0923. The van der Waals surface area contributed by atoms with Crippen molar-refractivity contribution >= 4 is 11.8 Å². The largest absolute Gasteiger partial charge is 0.497 e. The third-order valence-corrected chi connectivity index (χ3v) is 6.52. The number of nitrogens with one attached hydrogen (secondary N) is 1. The van der Waals surface area contributed by atoms with E-state index in [0.29, 0.717) is 23.4 Å². The van der Waals surface area contributed by atoms with E-state index in [2.05, 4.69) is 22.3 Å². The second-order valence-corrected chi connectivity index (χ2v) is 8.95. The lowest BCUT2D eigenvalue weighted by Gasteiger charge is -2.35. The Morgan fingerprint density at radius 3 is 2.44 bits per heavy atom. The van der Waals surface area contributed by atoms with Crippen molar-refractivity contribution in [3.63, 3.8) is 0 Å². The first-order valence-corrected chi connectivity index (χ1v) is 12.3. The molecular formula is C29H33N3O4. The average molecular weight is 488 g/mol. The van der Waals surface area contributed by atoms with Crippen molar-refractivity contribution in [2.75, 3.05) is 26.7 Å². The van der Waals surface area contributed by atoms with Gasteiger partial charge in [0.05, 0.1) is 18.7 Å². The summed E-state index contributed by atoms with van der Waals surface area (Å²) in [6, 6.07) is 22.4. The first-order chi connectivity index (χ1) is 17.5. The summed E-state index contributed by atoms with van der Waals surface area (Å²) in [5.74, 6) is 0.560. The first kappa shape index (κ1) is 25.3. The minimum absolute atomic E-state index is 0.0944. The molecular weight excluding hydrogens is 454 g/mol. The van der Waals surface area contributed by atoms with Crippen LogP contribution in [-0.2, 0) is 6.61 Å². The molecule has 7 nitrogen and oxygen atoms in total. The van der Waals surface area contributed by atoms with Gasteiger partial charge in [-0.15, -0.1) is 0 Å². The molecule has 1 heterocycles. The monoisotopic (exact) mass is 487 g/mol. The van der Waals surface area contributed by atoms with Crippen LogP contribution in [0, 0.1) is 0 Å². The number of nitrogens with zero attached hydrogens (tertiary/aromatic N) is 1. The molecule has 3 aromatic carbocycles. The highest BCUT2D eigenvalue weighted by molar-refractivity contribution is 5.95. The van der Waals surface area contributed by atoms with Crippen molar-refractivity contribution in [2.45, 2.75) is 31.9 Å². The van der Waals surface area contributed by atoms with Crippen LogP contribution in [0.15, 0.2) is 72.8 Å². The number of amides is 2. The van der Waals surface area contributed by atoms with Crippen LogP contribution in [0.25, 0.3) is 0 Å². The Bertz CT molecular complexity index is 1170. The van der Waals surface area contributed by atoms with Gasteiger partial charge in [0.25, 0.3) is 11.8 Å². The number of nitrogens with two attached hydrogens (primary N) is 1. The summed E-state index contributed by atoms with van der Waals surface area (Å²) < 4.78 is 11.1. The third kappa shape index (κ3) is 6.43. The second kappa shape index (κ2) is 12.2. The molecule has 36 heavy (non-hydrogen) atoms. The molecule has 1 saturated heterocycles. The highest BCUT2D eigenvalue weighted by Crippen LogP contribution is 2.26. The summed E-state index contributed by atoms with van der Waals surface area (Å²) in [6.45, 7) is 2.77. The summed E-state index contributed by atoms with van der Waals surface area (Å²) in [5, 5.41) is 3.13. The molecule has 0 radical (unpaired) electrons. The number of carbonyl (C=O) groups excluding carboxylic acids is 2. The van der Waals surface area contributed by atoms with Crippen LogP contribution >= 0.6 is 0 Å². The summed E-state index contributed by atoms with van der Waals surface area (Å²) in [4.78, 5) is 27.2. The molecule has 0 spiro atoms. The summed E-state index contributed by atoms with van der Waals surface area (Å²) in [7, 11) is 1.66. The smallest absolute Gasteiger partial charge is 0.252 e. The number of piperidine rings is 1. The van der Waals surface area contributed by atoms with E-state index in [9.17, 15) is 9.59 Å². The Morgan fingerprint density at radius 2 is 1.72 bits per heavy atom. The van der Waals surface area contributed by atoms with E-state index in [1.165, 1.54) is 19.3 Å². The molecule has 1 aliphatic rings. The van der Waals surface area contributed by atoms with Crippen LogP contribution in [0.1, 0.15) is 57.1 Å². The number of rotatable bonds is 10. The maximum absolute atomic E-state index is 13.1. The molecule has 1 fully saturated rings. The van der Waals surface area contributed by atoms with Crippen molar-refractivity contribution in [3.8, 4) is 11.5 Å². The van der Waals surface area contributed by atoms with Crippen molar-refractivity contribution in [1.82, 2.24) is 10.2 Å². The first-order valence-electron chi connectivity index (χ1n) is 12.3. The molecule has 0 aliphatic carbocycles. The quantitative estimate of drug-likeness (QED) is 0.444. The van der Waals surface area contributed by atoms with E-state index in [1.807, 2.05) is 30.3 Å². The van der Waals surface area contributed by atoms with Gasteiger partial charge in [-0.05, 0) is 73.5 Å². The van der Waals surface area contributed by atoms with Gasteiger partial charge >= 0.3 is 0 Å². The minimum Gasteiger partial charge on any atom is -0.497 e. The molecule has 3 N–H and O–H groups in total. The predicted octanol–water partition coefficient (Wildman–Crippen LogP) is 4.33. The van der Waals surface area contributed by atoms with Gasteiger partial charge in [-0.3, -0.25) is 14.5 Å². The maximum atomic E-state index is 13.1. The Hall–Kier alpha value is -3.84. The van der Waals surface area contributed by atoms with E-state index >= 15 is 0 Å². The highest BCUT2D eigenvalue weighted by atomic mass is 16.5. The number of methoxy groups -OCH3 is 1. The van der Waals surface area contributed by atoms with Gasteiger partial charge in [-0.2, -0.15) is 0 Å². The van der Waals surface area contributed by atoms with E-state index in [-0.39, 0.29) is 18.6 Å². The molecule has 1 unspecified atom stereocenters. The van der Waals surface area contributed by atoms with Crippen LogP contribution in [0.2, 0.25) is 0 Å². The topological polar surface area (TPSA) is 93.9 Å². The van der Waals surface area contributed by atoms with Gasteiger partial charge in [0.1, 0.15) is 18.1 Å². The normalized spacial score (nSPS) is 14.6. The Balaban J connectivity index is 1.42. The molecule has 7 heteroatoms. The van der Waals surface area contributed by atoms with Crippen molar-refractivity contribution in [1.29, 1.82) is 0 Å². The maximum Gasteiger partial charge on any atom is 0.252 e. The number of para-hydroxylation sites is 1. The Morgan fingerprint density at radius 1 is 0.972 bits per heavy atom. The number of carbonyl (C=O) groups is 2. The number of hydrogen-bond acceptors (Lipinski definition) is 5. The van der Waals surface area contributed by atoms with Crippen molar-refractivity contribution in [2.24, 2.45) is 5.73 Å². The molecule has 3 aromatic rings. The zero-order valence-electron chi connectivity index (χ0n) is 20.6. The number of ether oxygens (including phenoxy) is 2. The van der Waals surface area contributed by atoms with E-state index in [1.54, 1.807) is 37.4 Å². The van der Waals surface area contributed by atoms with E-state index in [0.717, 1.165) is 30.0 Å². The summed E-state index contributed by atoms with van der Waals surface area (Å²) in [6.07, 6.45) is 3.58. The summed E-state index contributed by atoms with van der Waals surface area (Å²) >= 11 is 0. The number of benzene rings is 3. The lowest BCUT2D eigenvalue weighted by Crippen LogP contribution is -2.40. The standard InChI is InChI=1S/C29H33N3O4/c1-35-24-14-12-22(13-15-24)26(32-16-5-2-6-17-32)19-31-29(34)23-9-7-8-21(18-23)20-36-27-11-4-3-10-25(27)28(30)33/h3-4,7-15,18,26H,2,5-6,16-17,19-20H2,1H3,(H2,30,33)(H,31,34). The Kier molecular flexibility index (Phi) is 8.57. The highest BCUT2D eigenvalue weighted by Gasteiger charge is 2.23. The van der Waals surface area contributed by atoms with Crippen LogP contribution in [0.3, 0.4) is 0 Å². The van der Waals surface area contributed by atoms with Gasteiger partial charge in [-0.25, -0.2) is 0 Å². The molecule has 4 rings (SSSR count). The zero-order valence-corrected chi connectivity index (χ0v) is 20.6. The van der Waals surface area contributed by atoms with Crippen molar-refractivity contribution in [3.05, 3.63) is 95.1 Å². The zero-order chi connectivity index (χ0) is 25.3. The predicted molar refractivity (Wildman–Crippen MR) is 139 cm³/mol. The van der Waals surface area contributed by atoms with Crippen molar-refractivity contribution < 1.29 is 19.1 Å². The molecule has 0 saturated carbocycles. The molecule has 2 amide bonds. The van der Waals surface area contributed by atoms with Gasteiger partial charge < -0.3 is 20.5 Å². The van der Waals surface area contributed by atoms with Crippen LogP contribution in [0.4, 0.5) is 0 Å². The van der Waals surface area contributed by atoms with Crippen LogP contribution in [-0.4, -0.2) is 43.5 Å². The van der Waals surface area contributed by atoms with Crippen LogP contribution in [0.5, 0.6) is 11.5 Å². The molecule has 0 bridgehead atoms. The van der Waals surface area contributed by atoms with Gasteiger partial charge in [0.15, 0.2) is 0 Å². The fourth-order valence-electron chi connectivity index (χ4n) is 4.56. The molecule has 1 atom stereocenters. The molecule has 0 aromatic heterocycles.